The van der Waals surface area contributed by atoms with Crippen molar-refractivity contribution in [2.24, 2.45) is 10.7 Å². The second kappa shape index (κ2) is 10.0. The number of primary amides is 1. The fourth-order valence-electron chi connectivity index (χ4n) is 3.37. The van der Waals surface area contributed by atoms with E-state index in [1.54, 1.807) is 12.1 Å². The summed E-state index contributed by atoms with van der Waals surface area (Å²) >= 11 is 0. The quantitative estimate of drug-likeness (QED) is 0.468. The smallest absolute Gasteiger partial charge is 0.284 e. The molecule has 29 heavy (non-hydrogen) atoms. The number of hydrogen-bond donors (Lipinski definition) is 3. The Morgan fingerprint density at radius 2 is 2.03 bits per heavy atom. The van der Waals surface area contributed by atoms with E-state index in [0.29, 0.717) is 30.9 Å². The van der Waals surface area contributed by atoms with Crippen molar-refractivity contribution in [2.45, 2.75) is 58.7 Å². The molecule has 156 valence electrons. The lowest BCUT2D eigenvalue weighted by Gasteiger charge is -2.17. The summed E-state index contributed by atoms with van der Waals surface area (Å²) in [6, 6.07) is 9.56. The highest BCUT2D eigenvalue weighted by molar-refractivity contribution is 5.89. The molecule has 0 atom stereocenters. The Morgan fingerprint density at radius 1 is 1.24 bits per heavy atom. The molecule has 1 aliphatic rings. The van der Waals surface area contributed by atoms with Crippen LogP contribution >= 0.6 is 0 Å². The predicted molar refractivity (Wildman–Crippen MR) is 113 cm³/mol. The van der Waals surface area contributed by atoms with Gasteiger partial charge in [0.15, 0.2) is 11.7 Å². The van der Waals surface area contributed by atoms with E-state index in [9.17, 15) is 4.79 Å². The Morgan fingerprint density at radius 3 is 2.72 bits per heavy atom. The summed E-state index contributed by atoms with van der Waals surface area (Å²) in [5, 5.41) is 6.44. The van der Waals surface area contributed by atoms with Gasteiger partial charge in [0, 0.05) is 12.1 Å². The molecule has 1 fully saturated rings. The number of hydrogen-bond acceptors (Lipinski definition) is 4. The Bertz CT molecular complexity index is 853. The average molecular weight is 399 g/mol. The highest BCUT2D eigenvalue weighted by Crippen LogP contribution is 2.28. The van der Waals surface area contributed by atoms with Crippen molar-refractivity contribution in [3.63, 3.8) is 0 Å². The van der Waals surface area contributed by atoms with Gasteiger partial charge in [0.2, 0.25) is 0 Å². The first-order valence-electron chi connectivity index (χ1n) is 10.2. The molecule has 1 saturated carbocycles. The number of ether oxygens (including phenoxy) is 1. The number of carbonyl (C=O) groups is 1. The SMILES string of the molecule is CCNC(=NCc1ccc(C)cc1OC1CCCC1)NCc1ccc(C(N)=O)o1. The largest absolute Gasteiger partial charge is 0.490 e. The fourth-order valence-corrected chi connectivity index (χ4v) is 3.37. The molecule has 7 nitrogen and oxygen atoms in total. The highest BCUT2D eigenvalue weighted by atomic mass is 16.5. The van der Waals surface area contributed by atoms with Crippen molar-refractivity contribution >= 4 is 11.9 Å². The predicted octanol–water partition coefficient (Wildman–Crippen LogP) is 3.26. The van der Waals surface area contributed by atoms with Crippen LogP contribution in [0.25, 0.3) is 0 Å². The lowest BCUT2D eigenvalue weighted by Crippen LogP contribution is -2.36. The Hall–Kier alpha value is -2.96. The molecule has 7 heteroatoms. The molecule has 0 unspecified atom stereocenters. The summed E-state index contributed by atoms with van der Waals surface area (Å²) in [6.07, 6.45) is 5.03. The number of amides is 1. The molecule has 3 rings (SSSR count). The first-order chi connectivity index (χ1) is 14.0. The third-order valence-corrected chi connectivity index (χ3v) is 4.90. The maximum Gasteiger partial charge on any atom is 0.284 e. The second-order valence-electron chi connectivity index (χ2n) is 7.31. The van der Waals surface area contributed by atoms with Crippen LogP contribution in [0.2, 0.25) is 0 Å². The van der Waals surface area contributed by atoms with Crippen molar-refractivity contribution in [3.8, 4) is 5.75 Å². The average Bonchev–Trinajstić information content (AvgIpc) is 3.37. The zero-order valence-corrected chi connectivity index (χ0v) is 17.2. The van der Waals surface area contributed by atoms with E-state index in [4.69, 9.17) is 14.9 Å². The van der Waals surface area contributed by atoms with Gasteiger partial charge in [-0.05, 0) is 63.3 Å². The summed E-state index contributed by atoms with van der Waals surface area (Å²) in [7, 11) is 0. The third kappa shape index (κ3) is 6.01. The van der Waals surface area contributed by atoms with Crippen LogP contribution in [0, 0.1) is 6.92 Å². The van der Waals surface area contributed by atoms with E-state index in [-0.39, 0.29) is 5.76 Å². The molecular formula is C22H30N4O3. The lowest BCUT2D eigenvalue weighted by molar-refractivity contribution is 0.0972. The zero-order chi connectivity index (χ0) is 20.6. The van der Waals surface area contributed by atoms with Crippen molar-refractivity contribution in [1.82, 2.24) is 10.6 Å². The molecular weight excluding hydrogens is 368 g/mol. The minimum atomic E-state index is -0.578. The van der Waals surface area contributed by atoms with Crippen molar-refractivity contribution < 1.29 is 13.9 Å². The molecule has 0 saturated heterocycles. The van der Waals surface area contributed by atoms with Crippen molar-refractivity contribution in [2.75, 3.05) is 6.54 Å². The van der Waals surface area contributed by atoms with Gasteiger partial charge in [0.25, 0.3) is 5.91 Å². The maximum absolute atomic E-state index is 11.2. The van der Waals surface area contributed by atoms with Crippen LogP contribution in [0.1, 0.15) is 60.0 Å². The summed E-state index contributed by atoms with van der Waals surface area (Å²) in [4.78, 5) is 15.8. The van der Waals surface area contributed by atoms with E-state index in [2.05, 4.69) is 40.7 Å². The molecule has 1 aromatic carbocycles. The van der Waals surface area contributed by atoms with Crippen LogP contribution < -0.4 is 21.1 Å². The van der Waals surface area contributed by atoms with Gasteiger partial charge in [-0.2, -0.15) is 0 Å². The van der Waals surface area contributed by atoms with Crippen LogP contribution in [0.15, 0.2) is 39.7 Å². The van der Waals surface area contributed by atoms with Gasteiger partial charge in [0.05, 0.1) is 19.2 Å². The normalized spacial score (nSPS) is 14.8. The molecule has 0 spiro atoms. The topological polar surface area (TPSA) is 102 Å². The van der Waals surface area contributed by atoms with Gasteiger partial charge in [-0.15, -0.1) is 0 Å². The van der Waals surface area contributed by atoms with E-state index in [0.717, 1.165) is 30.7 Å². The van der Waals surface area contributed by atoms with Crippen LogP contribution in [0.4, 0.5) is 0 Å². The number of nitrogens with one attached hydrogen (secondary N) is 2. The standard InChI is InChI=1S/C22H30N4O3/c1-3-24-22(26-14-18-10-11-19(29-18)21(23)27)25-13-16-9-8-15(2)12-20(16)28-17-6-4-5-7-17/h8-12,17H,3-7,13-14H2,1-2H3,(H2,23,27)(H2,24,25,26). The van der Waals surface area contributed by atoms with Crippen LogP contribution in [0.3, 0.4) is 0 Å². The number of nitrogens with two attached hydrogens (primary N) is 1. The molecule has 0 radical (unpaired) electrons. The number of carbonyl (C=O) groups excluding carboxylic acids is 1. The zero-order valence-electron chi connectivity index (χ0n) is 17.2. The first kappa shape index (κ1) is 20.8. The molecule has 1 aliphatic carbocycles. The summed E-state index contributed by atoms with van der Waals surface area (Å²) < 4.78 is 11.7. The number of furan rings is 1. The van der Waals surface area contributed by atoms with Crippen molar-refractivity contribution in [3.05, 3.63) is 53.0 Å². The van der Waals surface area contributed by atoms with Crippen molar-refractivity contribution in [1.29, 1.82) is 0 Å². The number of aliphatic imine (C=N–C) groups is 1. The van der Waals surface area contributed by atoms with Gasteiger partial charge in [-0.25, -0.2) is 4.99 Å². The first-order valence-corrected chi connectivity index (χ1v) is 10.2. The Labute approximate surface area is 171 Å². The van der Waals surface area contributed by atoms with E-state index in [1.165, 1.54) is 18.4 Å². The molecule has 1 amide bonds. The van der Waals surface area contributed by atoms with Gasteiger partial charge in [-0.3, -0.25) is 4.79 Å². The lowest BCUT2D eigenvalue weighted by atomic mass is 10.1. The van der Waals surface area contributed by atoms with Crippen LogP contribution in [-0.4, -0.2) is 24.5 Å². The third-order valence-electron chi connectivity index (χ3n) is 4.90. The minimum Gasteiger partial charge on any atom is -0.490 e. The van der Waals surface area contributed by atoms with Crippen LogP contribution in [0.5, 0.6) is 5.75 Å². The molecule has 2 aromatic rings. The number of rotatable bonds is 8. The number of aryl methyl sites for hydroxylation is 1. The number of guanidine groups is 1. The fraction of sp³-hybridized carbons (Fsp3) is 0.455. The monoisotopic (exact) mass is 398 g/mol. The highest BCUT2D eigenvalue weighted by Gasteiger charge is 2.18. The minimum absolute atomic E-state index is 0.150. The Balaban J connectivity index is 1.66. The van der Waals surface area contributed by atoms with Gasteiger partial charge in [-0.1, -0.05) is 12.1 Å². The number of nitrogens with zero attached hydrogens (tertiary/aromatic N) is 1. The molecule has 0 bridgehead atoms. The molecule has 4 N–H and O–H groups in total. The van der Waals surface area contributed by atoms with E-state index >= 15 is 0 Å². The summed E-state index contributed by atoms with van der Waals surface area (Å²) in [5.41, 5.74) is 7.47. The Kier molecular flexibility index (Phi) is 7.16. The summed E-state index contributed by atoms with van der Waals surface area (Å²) in [5.74, 6) is 1.78. The number of benzene rings is 1. The van der Waals surface area contributed by atoms with Gasteiger partial charge >= 0.3 is 0 Å². The molecule has 1 heterocycles. The van der Waals surface area contributed by atoms with Crippen LogP contribution in [-0.2, 0) is 13.1 Å². The van der Waals surface area contributed by atoms with E-state index < -0.39 is 5.91 Å². The van der Waals surface area contributed by atoms with Gasteiger partial charge < -0.3 is 25.5 Å². The van der Waals surface area contributed by atoms with E-state index in [1.807, 2.05) is 6.92 Å². The van der Waals surface area contributed by atoms with Gasteiger partial charge in [0.1, 0.15) is 11.5 Å². The summed E-state index contributed by atoms with van der Waals surface area (Å²) in [6.45, 7) is 5.72. The maximum atomic E-state index is 11.2. The second-order valence-corrected chi connectivity index (χ2v) is 7.31. The molecule has 1 aromatic heterocycles. The molecule has 0 aliphatic heterocycles.